The SMILES string of the molecule is N#Cc1ccc(Sc2ccc(O)c(I)c2)cc1. The third-order valence-corrected chi connectivity index (χ3v) is 4.00. The predicted molar refractivity (Wildman–Crippen MR) is 76.1 cm³/mol. The van der Waals surface area contributed by atoms with Crippen LogP contribution in [0.4, 0.5) is 0 Å². The van der Waals surface area contributed by atoms with Crippen molar-refractivity contribution < 1.29 is 5.11 Å². The Balaban J connectivity index is 2.20. The molecule has 0 aliphatic heterocycles. The molecule has 0 bridgehead atoms. The molecule has 0 unspecified atom stereocenters. The molecule has 2 rings (SSSR count). The number of phenols is 1. The number of halogens is 1. The van der Waals surface area contributed by atoms with Gasteiger partial charge < -0.3 is 5.11 Å². The zero-order valence-electron chi connectivity index (χ0n) is 8.72. The van der Waals surface area contributed by atoms with Gasteiger partial charge in [0.2, 0.25) is 0 Å². The van der Waals surface area contributed by atoms with Crippen LogP contribution in [0.25, 0.3) is 0 Å². The minimum atomic E-state index is 0.301. The van der Waals surface area contributed by atoms with Gasteiger partial charge in [0.1, 0.15) is 5.75 Å². The van der Waals surface area contributed by atoms with Crippen LogP contribution < -0.4 is 0 Å². The maximum absolute atomic E-state index is 9.43. The molecule has 2 aromatic rings. The van der Waals surface area contributed by atoms with Crippen molar-refractivity contribution >= 4 is 34.4 Å². The number of benzene rings is 2. The zero-order chi connectivity index (χ0) is 12.3. The summed E-state index contributed by atoms with van der Waals surface area (Å²) >= 11 is 3.70. The third-order valence-electron chi connectivity index (χ3n) is 2.14. The molecule has 2 aromatic carbocycles. The molecule has 0 saturated carbocycles. The highest BCUT2D eigenvalue weighted by atomic mass is 127. The van der Waals surface area contributed by atoms with Crippen molar-refractivity contribution in [3.05, 3.63) is 51.6 Å². The van der Waals surface area contributed by atoms with Gasteiger partial charge in [0.15, 0.2) is 0 Å². The molecule has 17 heavy (non-hydrogen) atoms. The van der Waals surface area contributed by atoms with Crippen molar-refractivity contribution in [2.75, 3.05) is 0 Å². The average Bonchev–Trinajstić information content (AvgIpc) is 2.35. The highest BCUT2D eigenvalue weighted by molar-refractivity contribution is 14.1. The van der Waals surface area contributed by atoms with Crippen molar-refractivity contribution in [2.45, 2.75) is 9.79 Å². The van der Waals surface area contributed by atoms with Crippen molar-refractivity contribution in [1.29, 1.82) is 5.26 Å². The van der Waals surface area contributed by atoms with Crippen LogP contribution in [-0.2, 0) is 0 Å². The maximum atomic E-state index is 9.43. The Morgan fingerprint density at radius 2 is 1.71 bits per heavy atom. The van der Waals surface area contributed by atoms with E-state index >= 15 is 0 Å². The molecule has 0 aliphatic rings. The fraction of sp³-hybridized carbons (Fsp3) is 0. The normalized spacial score (nSPS) is 9.88. The molecular formula is C13H8INOS. The van der Waals surface area contributed by atoms with E-state index in [2.05, 4.69) is 28.7 Å². The quantitative estimate of drug-likeness (QED) is 0.830. The molecule has 0 saturated heterocycles. The standard InChI is InChI=1S/C13H8INOS/c14-12-7-11(5-6-13(12)16)17-10-3-1-9(8-15)2-4-10/h1-7,16H. The van der Waals surface area contributed by atoms with Crippen LogP contribution in [0.2, 0.25) is 0 Å². The van der Waals surface area contributed by atoms with Crippen LogP contribution in [0, 0.1) is 14.9 Å². The summed E-state index contributed by atoms with van der Waals surface area (Å²) in [5.74, 6) is 0.301. The molecular weight excluding hydrogens is 345 g/mol. The van der Waals surface area contributed by atoms with E-state index in [-0.39, 0.29) is 0 Å². The van der Waals surface area contributed by atoms with Gasteiger partial charge >= 0.3 is 0 Å². The summed E-state index contributed by atoms with van der Waals surface area (Å²) in [6.07, 6.45) is 0. The van der Waals surface area contributed by atoms with Crippen LogP contribution in [0.15, 0.2) is 52.3 Å². The minimum Gasteiger partial charge on any atom is -0.507 e. The van der Waals surface area contributed by atoms with E-state index in [9.17, 15) is 5.11 Å². The monoisotopic (exact) mass is 353 g/mol. The van der Waals surface area contributed by atoms with Gasteiger partial charge in [-0.05, 0) is 65.1 Å². The lowest BCUT2D eigenvalue weighted by Gasteiger charge is -2.03. The summed E-state index contributed by atoms with van der Waals surface area (Å²) in [5.41, 5.74) is 0.662. The molecule has 0 fully saturated rings. The fourth-order valence-electron chi connectivity index (χ4n) is 1.28. The van der Waals surface area contributed by atoms with Gasteiger partial charge in [0.25, 0.3) is 0 Å². The first-order valence-electron chi connectivity index (χ1n) is 4.85. The largest absolute Gasteiger partial charge is 0.507 e. The number of nitriles is 1. The molecule has 0 aliphatic carbocycles. The molecule has 84 valence electrons. The van der Waals surface area contributed by atoms with Gasteiger partial charge in [0, 0.05) is 9.79 Å². The second-order valence-corrected chi connectivity index (χ2v) is 5.66. The number of nitrogens with zero attached hydrogens (tertiary/aromatic N) is 1. The van der Waals surface area contributed by atoms with Crippen molar-refractivity contribution in [1.82, 2.24) is 0 Å². The van der Waals surface area contributed by atoms with Crippen LogP contribution >= 0.6 is 34.4 Å². The first-order valence-corrected chi connectivity index (χ1v) is 6.75. The van der Waals surface area contributed by atoms with Gasteiger partial charge in [0.05, 0.1) is 15.2 Å². The van der Waals surface area contributed by atoms with Crippen LogP contribution in [0.1, 0.15) is 5.56 Å². The number of rotatable bonds is 2. The fourth-order valence-corrected chi connectivity index (χ4v) is 2.87. The minimum absolute atomic E-state index is 0.301. The summed E-state index contributed by atoms with van der Waals surface area (Å²) in [7, 11) is 0. The van der Waals surface area contributed by atoms with E-state index < -0.39 is 0 Å². The summed E-state index contributed by atoms with van der Waals surface area (Å²) in [5, 5.41) is 18.1. The summed E-state index contributed by atoms with van der Waals surface area (Å²) < 4.78 is 0.834. The molecule has 0 spiro atoms. The highest BCUT2D eigenvalue weighted by Crippen LogP contribution is 2.31. The molecule has 0 aromatic heterocycles. The lowest BCUT2D eigenvalue weighted by molar-refractivity contribution is 0.471. The molecule has 1 N–H and O–H groups in total. The van der Waals surface area contributed by atoms with Gasteiger partial charge in [-0.2, -0.15) is 5.26 Å². The van der Waals surface area contributed by atoms with E-state index in [0.29, 0.717) is 11.3 Å². The second-order valence-electron chi connectivity index (χ2n) is 3.35. The summed E-state index contributed by atoms with van der Waals surface area (Å²) in [4.78, 5) is 2.14. The van der Waals surface area contributed by atoms with Crippen molar-refractivity contribution in [2.24, 2.45) is 0 Å². The molecule has 4 heteroatoms. The Kier molecular flexibility index (Phi) is 3.92. The predicted octanol–water partition coefficient (Wildman–Crippen LogP) is 4.02. The highest BCUT2D eigenvalue weighted by Gasteiger charge is 2.01. The van der Waals surface area contributed by atoms with Crippen LogP contribution in [0.3, 0.4) is 0 Å². The lowest BCUT2D eigenvalue weighted by Crippen LogP contribution is -1.78. The molecule has 0 amide bonds. The Labute approximate surface area is 117 Å². The first kappa shape index (κ1) is 12.3. The summed E-state index contributed by atoms with van der Waals surface area (Å²) in [6, 6.07) is 15.0. The van der Waals surface area contributed by atoms with Crippen LogP contribution in [0.5, 0.6) is 5.75 Å². The Morgan fingerprint density at radius 3 is 2.29 bits per heavy atom. The number of hydrogen-bond acceptors (Lipinski definition) is 3. The number of hydrogen-bond donors (Lipinski definition) is 1. The van der Waals surface area contributed by atoms with Gasteiger partial charge in [-0.1, -0.05) is 11.8 Å². The lowest BCUT2D eigenvalue weighted by atomic mass is 10.2. The average molecular weight is 353 g/mol. The van der Waals surface area contributed by atoms with Crippen molar-refractivity contribution in [3.8, 4) is 11.8 Å². The molecule has 0 atom stereocenters. The van der Waals surface area contributed by atoms with Crippen molar-refractivity contribution in [3.63, 3.8) is 0 Å². The Bertz CT molecular complexity index is 575. The molecule has 0 radical (unpaired) electrons. The molecule has 2 nitrogen and oxygen atoms in total. The Morgan fingerprint density at radius 1 is 1.06 bits per heavy atom. The number of phenolic OH excluding ortho intramolecular Hbond substituents is 1. The van der Waals surface area contributed by atoms with E-state index in [0.717, 1.165) is 13.4 Å². The second kappa shape index (κ2) is 5.43. The third kappa shape index (κ3) is 3.14. The first-order chi connectivity index (χ1) is 8.19. The van der Waals surface area contributed by atoms with Gasteiger partial charge in [-0.25, -0.2) is 0 Å². The topological polar surface area (TPSA) is 44.0 Å². The number of aromatic hydroxyl groups is 1. The van der Waals surface area contributed by atoms with E-state index in [1.54, 1.807) is 30.0 Å². The van der Waals surface area contributed by atoms with E-state index in [1.807, 2.05) is 24.3 Å². The van der Waals surface area contributed by atoms with E-state index in [4.69, 9.17) is 5.26 Å². The van der Waals surface area contributed by atoms with Gasteiger partial charge in [-0.15, -0.1) is 0 Å². The van der Waals surface area contributed by atoms with Gasteiger partial charge in [-0.3, -0.25) is 0 Å². The smallest absolute Gasteiger partial charge is 0.128 e. The Hall–Kier alpha value is -1.19. The zero-order valence-corrected chi connectivity index (χ0v) is 11.7. The summed E-state index contributed by atoms with van der Waals surface area (Å²) in [6.45, 7) is 0. The molecule has 0 heterocycles. The van der Waals surface area contributed by atoms with E-state index in [1.165, 1.54) is 0 Å². The van der Waals surface area contributed by atoms with Crippen LogP contribution in [-0.4, -0.2) is 5.11 Å². The maximum Gasteiger partial charge on any atom is 0.128 e.